The van der Waals surface area contributed by atoms with Gasteiger partial charge in [0, 0.05) is 44.4 Å². The lowest BCUT2D eigenvalue weighted by atomic mass is 9.75. The molecule has 1 atom stereocenters. The Morgan fingerprint density at radius 2 is 2.00 bits per heavy atom. The minimum atomic E-state index is -0.854. The molecule has 6 nitrogen and oxygen atoms in total. The second-order valence-corrected chi connectivity index (χ2v) is 8.72. The highest BCUT2D eigenvalue weighted by molar-refractivity contribution is 5.93. The van der Waals surface area contributed by atoms with Crippen LogP contribution in [-0.4, -0.2) is 47.1 Å². The summed E-state index contributed by atoms with van der Waals surface area (Å²) in [4.78, 5) is 29.2. The molecule has 0 fully saturated rings. The molecule has 0 aliphatic carbocycles. The van der Waals surface area contributed by atoms with Crippen LogP contribution in [0.25, 0.3) is 0 Å². The van der Waals surface area contributed by atoms with Gasteiger partial charge in [-0.15, -0.1) is 0 Å². The highest BCUT2D eigenvalue weighted by atomic mass is 16.4. The first-order valence-electron chi connectivity index (χ1n) is 9.95. The predicted molar refractivity (Wildman–Crippen MR) is 112 cm³/mol. The second kappa shape index (κ2) is 8.23. The number of amides is 2. The van der Waals surface area contributed by atoms with Gasteiger partial charge in [0.25, 0.3) is 5.91 Å². The van der Waals surface area contributed by atoms with E-state index in [-0.39, 0.29) is 17.2 Å². The van der Waals surface area contributed by atoms with Crippen molar-refractivity contribution in [1.82, 2.24) is 15.2 Å². The van der Waals surface area contributed by atoms with Crippen LogP contribution in [0.2, 0.25) is 0 Å². The Morgan fingerprint density at radius 1 is 1.24 bits per heavy atom. The maximum absolute atomic E-state index is 11.7. The smallest absolute Gasteiger partial charge is 0.407 e. The first-order chi connectivity index (χ1) is 13.7. The lowest BCUT2D eigenvalue weighted by Gasteiger charge is -2.33. The summed E-state index contributed by atoms with van der Waals surface area (Å²) in [5.41, 5.74) is 5.00. The first-order valence-corrected chi connectivity index (χ1v) is 9.95. The fraction of sp³-hybridized carbons (Fsp3) is 0.435. The molecule has 0 spiro atoms. The van der Waals surface area contributed by atoms with Crippen LogP contribution in [-0.2, 0) is 12.8 Å². The number of fused-ring (bicyclic) bond motifs is 1. The number of hydrogen-bond donors (Lipinski definition) is 2. The van der Waals surface area contributed by atoms with E-state index in [0.29, 0.717) is 31.5 Å². The zero-order valence-electron chi connectivity index (χ0n) is 17.5. The van der Waals surface area contributed by atoms with Crippen molar-refractivity contribution in [2.45, 2.75) is 39.5 Å². The van der Waals surface area contributed by atoms with E-state index in [0.717, 1.165) is 11.3 Å². The topological polar surface area (TPSA) is 82.5 Å². The molecule has 1 aliphatic heterocycles. The van der Waals surface area contributed by atoms with Crippen molar-refractivity contribution in [3.05, 3.63) is 64.5 Å². The van der Waals surface area contributed by atoms with E-state index in [9.17, 15) is 14.7 Å². The van der Waals surface area contributed by atoms with Crippen molar-refractivity contribution in [3.8, 4) is 0 Å². The Kier molecular flexibility index (Phi) is 5.91. The van der Waals surface area contributed by atoms with Crippen molar-refractivity contribution in [1.29, 1.82) is 0 Å². The Bertz CT molecular complexity index is 901. The molecule has 1 unspecified atom stereocenters. The van der Waals surface area contributed by atoms with Crippen molar-refractivity contribution >= 4 is 12.0 Å². The maximum Gasteiger partial charge on any atom is 0.407 e. The standard InChI is InChI=1S/C23H29N3O3/c1-23(2,3)20-14-26(22(28)29)10-9-16-11-15(5-8-19(16)20)12-18-7-6-17(13-25-18)21(27)24-4/h5-8,11,13,20H,9-10,12,14H2,1-4H3,(H,24,27)(H,28,29). The molecule has 0 saturated carbocycles. The number of nitrogens with zero attached hydrogens (tertiary/aromatic N) is 2. The van der Waals surface area contributed by atoms with Crippen molar-refractivity contribution in [2.24, 2.45) is 5.41 Å². The highest BCUT2D eigenvalue weighted by Gasteiger charge is 2.33. The average Bonchev–Trinajstić information content (AvgIpc) is 2.87. The molecule has 29 heavy (non-hydrogen) atoms. The van der Waals surface area contributed by atoms with Crippen LogP contribution >= 0.6 is 0 Å². The molecule has 1 aliphatic rings. The van der Waals surface area contributed by atoms with E-state index < -0.39 is 6.09 Å². The van der Waals surface area contributed by atoms with E-state index in [2.05, 4.69) is 49.3 Å². The molecule has 1 aromatic heterocycles. The van der Waals surface area contributed by atoms with Gasteiger partial charge in [-0.1, -0.05) is 39.0 Å². The Hall–Kier alpha value is -2.89. The summed E-state index contributed by atoms with van der Waals surface area (Å²) in [6.45, 7) is 7.53. The van der Waals surface area contributed by atoms with E-state index >= 15 is 0 Å². The number of nitrogens with one attached hydrogen (secondary N) is 1. The quantitative estimate of drug-likeness (QED) is 0.830. The summed E-state index contributed by atoms with van der Waals surface area (Å²) in [6.07, 6.45) is 2.13. The molecule has 0 radical (unpaired) electrons. The normalized spacial score (nSPS) is 16.7. The molecular formula is C23H29N3O3. The number of benzene rings is 1. The third-order valence-corrected chi connectivity index (χ3v) is 5.65. The number of carbonyl (C=O) groups excluding carboxylic acids is 1. The van der Waals surface area contributed by atoms with Gasteiger partial charge < -0.3 is 15.3 Å². The van der Waals surface area contributed by atoms with Gasteiger partial charge in [0.1, 0.15) is 0 Å². The molecule has 2 N–H and O–H groups in total. The van der Waals surface area contributed by atoms with Crippen LogP contribution in [0.4, 0.5) is 4.79 Å². The third kappa shape index (κ3) is 4.75. The zero-order chi connectivity index (χ0) is 21.2. The number of carbonyl (C=O) groups is 2. The lowest BCUT2D eigenvalue weighted by molar-refractivity contribution is 0.0962. The number of carboxylic acid groups (broad SMARTS) is 1. The SMILES string of the molecule is CNC(=O)c1ccc(Cc2ccc3c(c2)CCN(C(=O)O)CC3C(C)(C)C)nc1. The Balaban J connectivity index is 1.86. The van der Waals surface area contributed by atoms with Crippen LogP contribution in [0.15, 0.2) is 36.5 Å². The van der Waals surface area contributed by atoms with Crippen molar-refractivity contribution < 1.29 is 14.7 Å². The largest absolute Gasteiger partial charge is 0.465 e. The fourth-order valence-corrected chi connectivity index (χ4v) is 3.92. The van der Waals surface area contributed by atoms with Gasteiger partial charge in [0.15, 0.2) is 0 Å². The van der Waals surface area contributed by atoms with Crippen LogP contribution in [0, 0.1) is 5.41 Å². The maximum atomic E-state index is 11.7. The summed E-state index contributed by atoms with van der Waals surface area (Å²) in [6, 6.07) is 10.1. The van der Waals surface area contributed by atoms with E-state index in [4.69, 9.17) is 0 Å². The monoisotopic (exact) mass is 395 g/mol. The highest BCUT2D eigenvalue weighted by Crippen LogP contribution is 2.39. The van der Waals surface area contributed by atoms with E-state index in [1.807, 2.05) is 6.07 Å². The van der Waals surface area contributed by atoms with Gasteiger partial charge in [0.2, 0.25) is 0 Å². The van der Waals surface area contributed by atoms with Gasteiger partial charge in [0.05, 0.1) is 5.56 Å². The third-order valence-electron chi connectivity index (χ3n) is 5.65. The van der Waals surface area contributed by atoms with Crippen LogP contribution in [0.1, 0.15) is 59.4 Å². The average molecular weight is 396 g/mol. The Labute approximate surface area is 172 Å². The zero-order valence-corrected chi connectivity index (χ0v) is 17.5. The summed E-state index contributed by atoms with van der Waals surface area (Å²) in [5, 5.41) is 12.1. The van der Waals surface area contributed by atoms with Gasteiger partial charge >= 0.3 is 6.09 Å². The van der Waals surface area contributed by atoms with Crippen molar-refractivity contribution in [3.63, 3.8) is 0 Å². The molecule has 2 amide bonds. The summed E-state index contributed by atoms with van der Waals surface area (Å²) >= 11 is 0. The summed E-state index contributed by atoms with van der Waals surface area (Å²) in [7, 11) is 1.60. The van der Waals surface area contributed by atoms with Gasteiger partial charge in [-0.2, -0.15) is 0 Å². The Morgan fingerprint density at radius 3 is 2.59 bits per heavy atom. The molecule has 1 aromatic carbocycles. The minimum absolute atomic E-state index is 0.0362. The molecular weight excluding hydrogens is 366 g/mol. The molecule has 6 heteroatoms. The van der Waals surface area contributed by atoms with Crippen LogP contribution in [0.5, 0.6) is 0 Å². The van der Waals surface area contributed by atoms with E-state index in [1.165, 1.54) is 16.0 Å². The molecule has 3 rings (SSSR count). The first kappa shape index (κ1) is 20.8. The van der Waals surface area contributed by atoms with E-state index in [1.54, 1.807) is 19.3 Å². The number of aromatic nitrogens is 1. The molecule has 0 saturated heterocycles. The summed E-state index contributed by atoms with van der Waals surface area (Å²) < 4.78 is 0. The summed E-state index contributed by atoms with van der Waals surface area (Å²) in [5.74, 6) is 0.000372. The molecule has 2 aromatic rings. The van der Waals surface area contributed by atoms with Crippen LogP contribution < -0.4 is 5.32 Å². The van der Waals surface area contributed by atoms with Gasteiger partial charge in [-0.25, -0.2) is 4.79 Å². The predicted octanol–water partition coefficient (Wildman–Crippen LogP) is 3.70. The number of hydrogen-bond acceptors (Lipinski definition) is 3. The van der Waals surface area contributed by atoms with Crippen LogP contribution in [0.3, 0.4) is 0 Å². The van der Waals surface area contributed by atoms with Gasteiger partial charge in [-0.3, -0.25) is 9.78 Å². The second-order valence-electron chi connectivity index (χ2n) is 8.72. The fourth-order valence-electron chi connectivity index (χ4n) is 3.92. The van der Waals surface area contributed by atoms with Gasteiger partial charge in [-0.05, 0) is 40.7 Å². The molecule has 154 valence electrons. The lowest BCUT2D eigenvalue weighted by Crippen LogP contribution is -2.36. The minimum Gasteiger partial charge on any atom is -0.465 e. The molecule has 0 bridgehead atoms. The van der Waals surface area contributed by atoms with Crippen molar-refractivity contribution in [2.75, 3.05) is 20.1 Å². The number of pyridine rings is 1. The number of rotatable bonds is 3. The molecule has 2 heterocycles.